The zero-order valence-corrected chi connectivity index (χ0v) is 11.6. The first kappa shape index (κ1) is 13.8. The third-order valence-electron chi connectivity index (χ3n) is 3.04. The fourth-order valence-corrected chi connectivity index (χ4v) is 1.98. The molecule has 1 unspecified atom stereocenters. The molecule has 0 bridgehead atoms. The second kappa shape index (κ2) is 5.15. The van der Waals surface area contributed by atoms with Gasteiger partial charge in [0, 0.05) is 12.4 Å². The summed E-state index contributed by atoms with van der Waals surface area (Å²) in [5, 5.41) is 0.837. The van der Waals surface area contributed by atoms with Crippen LogP contribution in [0.4, 0.5) is 0 Å². The molecule has 0 aromatic carbocycles. The van der Waals surface area contributed by atoms with Crippen LogP contribution >= 0.6 is 23.2 Å². The topological polar surface area (TPSA) is 68.9 Å². The molecule has 6 heteroatoms. The maximum atomic E-state index is 11.9. The Labute approximate surface area is 120 Å². The highest BCUT2D eigenvalue weighted by Gasteiger charge is 2.37. The van der Waals surface area contributed by atoms with Gasteiger partial charge in [0.2, 0.25) is 5.91 Å². The summed E-state index contributed by atoms with van der Waals surface area (Å²) in [5.74, 6) is -0.522. The number of hydrogen-bond acceptors (Lipinski definition) is 3. The minimum absolute atomic E-state index is 0.347. The molecule has 2 rings (SSSR count). The Kier molecular flexibility index (Phi) is 3.73. The number of nitrogens with two attached hydrogens (primary N) is 1. The van der Waals surface area contributed by atoms with E-state index in [0.717, 1.165) is 0 Å². The van der Waals surface area contributed by atoms with Crippen LogP contribution in [0.25, 0.3) is 0 Å². The Morgan fingerprint density at radius 1 is 1.16 bits per heavy atom. The molecule has 2 aromatic heterocycles. The number of hydrogen-bond donors (Lipinski definition) is 1. The van der Waals surface area contributed by atoms with Gasteiger partial charge >= 0.3 is 0 Å². The van der Waals surface area contributed by atoms with Crippen molar-refractivity contribution in [2.45, 2.75) is 12.3 Å². The van der Waals surface area contributed by atoms with Crippen LogP contribution in [0, 0.1) is 0 Å². The van der Waals surface area contributed by atoms with Gasteiger partial charge in [-0.2, -0.15) is 0 Å². The van der Waals surface area contributed by atoms with Gasteiger partial charge in [0.25, 0.3) is 0 Å². The lowest BCUT2D eigenvalue weighted by Gasteiger charge is -2.25. The standard InChI is InChI=1S/C13H11Cl2N3O/c1-13(12(16)19,8-2-5-11(15)18-6-8)10-4-3-9(14)7-17-10/h2-7H,1H3,(H2,16,19). The molecular formula is C13H11Cl2N3O. The zero-order chi connectivity index (χ0) is 14.0. The molecule has 1 atom stereocenters. The molecule has 0 saturated heterocycles. The number of halogens is 2. The molecule has 0 spiro atoms. The highest BCUT2D eigenvalue weighted by Crippen LogP contribution is 2.30. The maximum absolute atomic E-state index is 11.9. The Morgan fingerprint density at radius 3 is 2.37 bits per heavy atom. The number of nitrogens with zero attached hydrogens (tertiary/aromatic N) is 2. The van der Waals surface area contributed by atoms with Gasteiger partial charge in [-0.25, -0.2) is 4.98 Å². The third-order valence-corrected chi connectivity index (χ3v) is 3.48. The summed E-state index contributed by atoms with van der Waals surface area (Å²) in [6.07, 6.45) is 2.99. The number of carbonyl (C=O) groups excluding carboxylic acids is 1. The largest absolute Gasteiger partial charge is 0.369 e. The van der Waals surface area contributed by atoms with Gasteiger partial charge in [0.05, 0.1) is 10.7 Å². The fourth-order valence-electron chi connectivity index (χ4n) is 1.76. The normalized spacial score (nSPS) is 13.8. The van der Waals surface area contributed by atoms with Crippen LogP contribution in [0.3, 0.4) is 0 Å². The van der Waals surface area contributed by atoms with Gasteiger partial charge < -0.3 is 5.73 Å². The summed E-state index contributed by atoms with van der Waals surface area (Å²) < 4.78 is 0. The summed E-state index contributed by atoms with van der Waals surface area (Å²) in [6.45, 7) is 1.69. The zero-order valence-electron chi connectivity index (χ0n) is 10.1. The lowest BCUT2D eigenvalue weighted by Crippen LogP contribution is -2.40. The van der Waals surface area contributed by atoms with Crippen molar-refractivity contribution in [2.24, 2.45) is 5.73 Å². The Morgan fingerprint density at radius 2 is 1.89 bits per heavy atom. The third kappa shape index (κ3) is 2.55. The average Bonchev–Trinajstić information content (AvgIpc) is 2.39. The smallest absolute Gasteiger partial charge is 0.233 e. The highest BCUT2D eigenvalue weighted by molar-refractivity contribution is 6.30. The van der Waals surface area contributed by atoms with E-state index >= 15 is 0 Å². The molecule has 98 valence electrons. The average molecular weight is 296 g/mol. The lowest BCUT2D eigenvalue weighted by molar-refractivity contribution is -0.121. The number of carbonyl (C=O) groups is 1. The monoisotopic (exact) mass is 295 g/mol. The van der Waals surface area contributed by atoms with Crippen molar-refractivity contribution in [3.8, 4) is 0 Å². The van der Waals surface area contributed by atoms with Crippen LogP contribution in [-0.4, -0.2) is 15.9 Å². The molecule has 2 N–H and O–H groups in total. The number of pyridine rings is 2. The molecule has 0 aliphatic rings. The first-order valence-electron chi connectivity index (χ1n) is 5.48. The molecule has 1 amide bonds. The predicted molar refractivity (Wildman–Crippen MR) is 74.1 cm³/mol. The molecule has 0 fully saturated rings. The van der Waals surface area contributed by atoms with Gasteiger partial charge in [-0.15, -0.1) is 0 Å². The van der Waals surface area contributed by atoms with Gasteiger partial charge in [0.15, 0.2) is 0 Å². The summed E-state index contributed by atoms with van der Waals surface area (Å²) in [5.41, 5.74) is 5.59. The van der Waals surface area contributed by atoms with E-state index in [0.29, 0.717) is 21.4 Å². The summed E-state index contributed by atoms with van der Waals surface area (Å²) in [7, 11) is 0. The van der Waals surface area contributed by atoms with Crippen molar-refractivity contribution in [3.63, 3.8) is 0 Å². The predicted octanol–water partition coefficient (Wildman–Crippen LogP) is 2.57. The van der Waals surface area contributed by atoms with E-state index in [1.165, 1.54) is 12.4 Å². The lowest BCUT2D eigenvalue weighted by atomic mass is 9.79. The van der Waals surface area contributed by atoms with Crippen LogP contribution in [0.2, 0.25) is 10.2 Å². The van der Waals surface area contributed by atoms with Crippen molar-refractivity contribution in [1.82, 2.24) is 9.97 Å². The Hall–Kier alpha value is -1.65. The second-order valence-electron chi connectivity index (χ2n) is 4.22. The fraction of sp³-hybridized carbons (Fsp3) is 0.154. The van der Waals surface area contributed by atoms with Crippen molar-refractivity contribution in [3.05, 3.63) is 58.1 Å². The molecule has 0 saturated carbocycles. The van der Waals surface area contributed by atoms with E-state index in [1.54, 1.807) is 31.2 Å². The molecule has 2 heterocycles. The van der Waals surface area contributed by atoms with Crippen LogP contribution < -0.4 is 5.73 Å². The number of amides is 1. The second-order valence-corrected chi connectivity index (χ2v) is 5.04. The molecule has 0 aliphatic carbocycles. The van der Waals surface area contributed by atoms with E-state index in [9.17, 15) is 4.79 Å². The van der Waals surface area contributed by atoms with E-state index in [4.69, 9.17) is 28.9 Å². The summed E-state index contributed by atoms with van der Waals surface area (Å²) in [6, 6.07) is 6.64. The number of aromatic nitrogens is 2. The van der Waals surface area contributed by atoms with E-state index in [-0.39, 0.29) is 0 Å². The summed E-state index contributed by atoms with van der Waals surface area (Å²) in [4.78, 5) is 20.0. The van der Waals surface area contributed by atoms with Gasteiger partial charge in [-0.05, 0) is 30.7 Å². The van der Waals surface area contributed by atoms with Gasteiger partial charge in [0.1, 0.15) is 10.6 Å². The number of primary amides is 1. The van der Waals surface area contributed by atoms with Crippen molar-refractivity contribution >= 4 is 29.1 Å². The van der Waals surface area contributed by atoms with E-state index in [1.807, 2.05) is 0 Å². The summed E-state index contributed by atoms with van der Waals surface area (Å²) >= 11 is 11.5. The minimum atomic E-state index is -1.08. The first-order valence-corrected chi connectivity index (χ1v) is 6.24. The van der Waals surface area contributed by atoms with Crippen LogP contribution in [0.5, 0.6) is 0 Å². The van der Waals surface area contributed by atoms with Crippen LogP contribution in [0.1, 0.15) is 18.2 Å². The molecule has 0 aliphatic heterocycles. The van der Waals surface area contributed by atoms with E-state index < -0.39 is 11.3 Å². The quantitative estimate of drug-likeness (QED) is 0.885. The van der Waals surface area contributed by atoms with Crippen LogP contribution in [-0.2, 0) is 10.2 Å². The molecule has 4 nitrogen and oxygen atoms in total. The number of rotatable bonds is 3. The van der Waals surface area contributed by atoms with Crippen molar-refractivity contribution in [1.29, 1.82) is 0 Å². The van der Waals surface area contributed by atoms with Crippen LogP contribution in [0.15, 0.2) is 36.7 Å². The molecule has 2 aromatic rings. The Balaban J connectivity index is 2.57. The van der Waals surface area contributed by atoms with E-state index in [2.05, 4.69) is 9.97 Å². The molecule has 19 heavy (non-hydrogen) atoms. The van der Waals surface area contributed by atoms with Gasteiger partial charge in [-0.3, -0.25) is 9.78 Å². The SMILES string of the molecule is CC(C(N)=O)(c1ccc(Cl)nc1)c1ccc(Cl)cn1. The Bertz CT molecular complexity index is 551. The molecular weight excluding hydrogens is 285 g/mol. The van der Waals surface area contributed by atoms with Gasteiger partial charge in [-0.1, -0.05) is 29.3 Å². The highest BCUT2D eigenvalue weighted by atomic mass is 35.5. The maximum Gasteiger partial charge on any atom is 0.233 e. The van der Waals surface area contributed by atoms with Crippen molar-refractivity contribution in [2.75, 3.05) is 0 Å². The first-order chi connectivity index (χ1) is 8.94. The minimum Gasteiger partial charge on any atom is -0.369 e. The molecule has 0 radical (unpaired) electrons. The van der Waals surface area contributed by atoms with Crippen molar-refractivity contribution < 1.29 is 4.79 Å².